The predicted octanol–water partition coefficient (Wildman–Crippen LogP) is 5.89. The monoisotopic (exact) mass is 372 g/mol. The molecule has 1 aromatic rings. The zero-order chi connectivity index (χ0) is 19.2. The molecule has 1 saturated heterocycles. The lowest BCUT2D eigenvalue weighted by Gasteiger charge is -2.50. The fourth-order valence-electron chi connectivity index (χ4n) is 4.43. The molecule has 0 unspecified atom stereocenters. The number of hydrogen-bond donors (Lipinski definition) is 0. The van der Waals surface area contributed by atoms with Crippen molar-refractivity contribution in [1.82, 2.24) is 0 Å². The molecule has 2 aliphatic rings. The fraction of sp³-hybridized carbons (Fsp3) is 0.667. The van der Waals surface area contributed by atoms with Crippen molar-refractivity contribution in [3.8, 4) is 0 Å². The van der Waals surface area contributed by atoms with E-state index in [0.29, 0.717) is 13.2 Å². The summed E-state index contributed by atoms with van der Waals surface area (Å²) in [4.78, 5) is 0. The molecule has 1 saturated carbocycles. The highest BCUT2D eigenvalue weighted by Gasteiger charge is 2.59. The first-order chi connectivity index (χ1) is 13.0. The zero-order valence-electron chi connectivity index (χ0n) is 17.3. The highest BCUT2D eigenvalue weighted by atomic mass is 16.7. The van der Waals surface area contributed by atoms with Gasteiger partial charge in [0.25, 0.3) is 0 Å². The Morgan fingerprint density at radius 3 is 2.48 bits per heavy atom. The van der Waals surface area contributed by atoms with Crippen LogP contribution in [0, 0.1) is 10.8 Å². The molecule has 2 fully saturated rings. The van der Waals surface area contributed by atoms with Crippen LogP contribution in [0.1, 0.15) is 64.9 Å². The summed E-state index contributed by atoms with van der Waals surface area (Å²) in [5, 5.41) is 0. The van der Waals surface area contributed by atoms with Crippen molar-refractivity contribution < 1.29 is 14.2 Å². The van der Waals surface area contributed by atoms with Crippen LogP contribution in [0.15, 0.2) is 42.5 Å². The van der Waals surface area contributed by atoms with Gasteiger partial charge in [0, 0.05) is 17.3 Å². The van der Waals surface area contributed by atoms with Crippen LogP contribution in [-0.4, -0.2) is 25.6 Å². The molecule has 3 rings (SSSR count). The van der Waals surface area contributed by atoms with E-state index in [-0.39, 0.29) is 10.8 Å². The minimum absolute atomic E-state index is 0.0592. The van der Waals surface area contributed by atoms with E-state index in [1.165, 1.54) is 5.56 Å². The first-order valence-corrected chi connectivity index (χ1v) is 10.6. The summed E-state index contributed by atoms with van der Waals surface area (Å²) < 4.78 is 19.2. The molecule has 1 atom stereocenters. The fourth-order valence-corrected chi connectivity index (χ4v) is 4.43. The van der Waals surface area contributed by atoms with Gasteiger partial charge in [0.1, 0.15) is 0 Å². The van der Waals surface area contributed by atoms with Gasteiger partial charge in [-0.05, 0) is 37.7 Å². The molecule has 0 N–H and O–H groups in total. The van der Waals surface area contributed by atoms with Gasteiger partial charge in [-0.3, -0.25) is 0 Å². The minimum atomic E-state index is -0.473. The van der Waals surface area contributed by atoms with Gasteiger partial charge in [-0.25, -0.2) is 0 Å². The molecular formula is C24H36O3. The Balaban J connectivity index is 1.71. The van der Waals surface area contributed by atoms with E-state index < -0.39 is 5.79 Å². The topological polar surface area (TPSA) is 27.7 Å². The van der Waals surface area contributed by atoms with E-state index in [2.05, 4.69) is 57.2 Å². The van der Waals surface area contributed by atoms with E-state index in [1.807, 2.05) is 6.07 Å². The molecule has 0 radical (unpaired) electrons. The Hall–Kier alpha value is -1.16. The van der Waals surface area contributed by atoms with Gasteiger partial charge in [-0.2, -0.15) is 0 Å². The summed E-state index contributed by atoms with van der Waals surface area (Å²) in [5.74, 6) is -0.473. The van der Waals surface area contributed by atoms with Crippen LogP contribution in [0.5, 0.6) is 0 Å². The molecule has 3 heteroatoms. The summed E-state index contributed by atoms with van der Waals surface area (Å²) in [6.45, 7) is 9.48. The Morgan fingerprint density at radius 2 is 1.78 bits per heavy atom. The second-order valence-corrected chi connectivity index (χ2v) is 9.03. The van der Waals surface area contributed by atoms with Crippen LogP contribution in [0.3, 0.4) is 0 Å². The molecule has 150 valence electrons. The summed E-state index contributed by atoms with van der Waals surface area (Å²) in [6.07, 6.45) is 11.0. The second-order valence-electron chi connectivity index (χ2n) is 9.03. The largest absolute Gasteiger partial charge is 0.376 e. The molecule has 1 heterocycles. The van der Waals surface area contributed by atoms with Crippen molar-refractivity contribution in [1.29, 1.82) is 0 Å². The summed E-state index contributed by atoms with van der Waals surface area (Å²) in [7, 11) is 0. The Labute approximate surface area is 165 Å². The maximum atomic E-state index is 6.49. The van der Waals surface area contributed by atoms with Crippen molar-refractivity contribution in [2.24, 2.45) is 10.8 Å². The normalized spacial score (nSPS) is 26.8. The molecular weight excluding hydrogens is 336 g/mol. The lowest BCUT2D eigenvalue weighted by atomic mass is 9.76. The van der Waals surface area contributed by atoms with Gasteiger partial charge < -0.3 is 14.2 Å². The summed E-state index contributed by atoms with van der Waals surface area (Å²) in [5.41, 5.74) is 1.25. The molecule has 3 nitrogen and oxygen atoms in total. The average molecular weight is 373 g/mol. The minimum Gasteiger partial charge on any atom is -0.376 e. The van der Waals surface area contributed by atoms with Gasteiger partial charge in [0.15, 0.2) is 5.79 Å². The molecule has 1 spiro atoms. The van der Waals surface area contributed by atoms with Crippen LogP contribution in [0.25, 0.3) is 0 Å². The highest BCUT2D eigenvalue weighted by molar-refractivity contribution is 5.13. The maximum absolute atomic E-state index is 6.49. The van der Waals surface area contributed by atoms with Gasteiger partial charge in [0.2, 0.25) is 0 Å². The molecule has 0 aromatic heterocycles. The van der Waals surface area contributed by atoms with Crippen LogP contribution < -0.4 is 0 Å². The van der Waals surface area contributed by atoms with Crippen molar-refractivity contribution in [3.05, 3.63) is 48.0 Å². The summed E-state index contributed by atoms with van der Waals surface area (Å²) in [6, 6.07) is 10.4. The highest BCUT2D eigenvalue weighted by Crippen LogP contribution is 2.55. The Morgan fingerprint density at radius 1 is 1.04 bits per heavy atom. The quantitative estimate of drug-likeness (QED) is 0.533. The third kappa shape index (κ3) is 4.82. The molecule has 1 aliphatic carbocycles. The number of rotatable bonds is 8. The lowest BCUT2D eigenvalue weighted by Crippen LogP contribution is -2.56. The standard InChI is InChI=1S/C24H36O3/c1-4-5-6-10-14-23(20-25-17-21-12-8-7-9-13-21)15-11-16-24(23)26-18-22(2,3)19-27-24/h5-9,12-13H,4,10-11,14-20H2,1-3H3/b6-5+/t23-/m1/s1. The third-order valence-electron chi connectivity index (χ3n) is 6.04. The van der Waals surface area contributed by atoms with Crippen molar-refractivity contribution >= 4 is 0 Å². The molecule has 1 aromatic carbocycles. The maximum Gasteiger partial charge on any atom is 0.176 e. The number of allylic oxidation sites excluding steroid dienone is 2. The van der Waals surface area contributed by atoms with Crippen LogP contribution in [0.4, 0.5) is 0 Å². The SMILES string of the molecule is CC/C=C/CC[C@]1(COCc2ccccc2)CCCC12OCC(C)(C)CO2. The third-order valence-corrected chi connectivity index (χ3v) is 6.04. The van der Waals surface area contributed by atoms with Gasteiger partial charge in [0.05, 0.1) is 26.4 Å². The predicted molar refractivity (Wildman–Crippen MR) is 109 cm³/mol. The van der Waals surface area contributed by atoms with E-state index in [0.717, 1.165) is 51.7 Å². The smallest absolute Gasteiger partial charge is 0.176 e. The number of benzene rings is 1. The van der Waals surface area contributed by atoms with Crippen LogP contribution in [-0.2, 0) is 20.8 Å². The van der Waals surface area contributed by atoms with Crippen LogP contribution >= 0.6 is 0 Å². The van der Waals surface area contributed by atoms with Gasteiger partial charge in [-0.15, -0.1) is 0 Å². The Kier molecular flexibility index (Phi) is 6.78. The van der Waals surface area contributed by atoms with Gasteiger partial charge in [-0.1, -0.05) is 63.3 Å². The first kappa shape index (κ1) is 20.6. The molecule has 0 amide bonds. The molecule has 0 bridgehead atoms. The number of ether oxygens (including phenoxy) is 3. The van der Waals surface area contributed by atoms with Crippen molar-refractivity contribution in [2.45, 2.75) is 71.7 Å². The van der Waals surface area contributed by atoms with E-state index in [1.54, 1.807) is 0 Å². The molecule has 27 heavy (non-hydrogen) atoms. The lowest BCUT2D eigenvalue weighted by molar-refractivity contribution is -0.345. The zero-order valence-corrected chi connectivity index (χ0v) is 17.3. The van der Waals surface area contributed by atoms with Gasteiger partial charge >= 0.3 is 0 Å². The second kappa shape index (κ2) is 8.89. The molecule has 1 aliphatic heterocycles. The van der Waals surface area contributed by atoms with Crippen molar-refractivity contribution in [2.75, 3.05) is 19.8 Å². The summed E-state index contributed by atoms with van der Waals surface area (Å²) >= 11 is 0. The Bertz CT molecular complexity index is 597. The number of hydrogen-bond acceptors (Lipinski definition) is 3. The average Bonchev–Trinajstić information content (AvgIpc) is 3.01. The van der Waals surface area contributed by atoms with E-state index in [9.17, 15) is 0 Å². The van der Waals surface area contributed by atoms with E-state index in [4.69, 9.17) is 14.2 Å². The van der Waals surface area contributed by atoms with Crippen molar-refractivity contribution in [3.63, 3.8) is 0 Å². The first-order valence-electron chi connectivity index (χ1n) is 10.6. The van der Waals surface area contributed by atoms with Crippen LogP contribution in [0.2, 0.25) is 0 Å². The van der Waals surface area contributed by atoms with E-state index >= 15 is 0 Å².